The van der Waals surface area contributed by atoms with Gasteiger partial charge in [0.15, 0.2) is 5.83 Å². The van der Waals surface area contributed by atoms with Gasteiger partial charge in [-0.25, -0.2) is 15.4 Å². The number of anilines is 2. The average molecular weight is 662 g/mol. The molecule has 47 heavy (non-hydrogen) atoms. The molecule has 3 atom stereocenters. The summed E-state index contributed by atoms with van der Waals surface area (Å²) in [4.78, 5) is 34.3. The number of rotatable bonds is 7. The molecular weight excluding hydrogens is 624 g/mol. The van der Waals surface area contributed by atoms with Gasteiger partial charge < -0.3 is 24.3 Å². The van der Waals surface area contributed by atoms with Crippen LogP contribution in [-0.4, -0.2) is 89.7 Å². The Balaban J connectivity index is 1.24. The lowest BCUT2D eigenvalue weighted by Gasteiger charge is -2.41. The molecule has 0 radical (unpaired) electrons. The highest BCUT2D eigenvalue weighted by Crippen LogP contribution is 2.42. The van der Waals surface area contributed by atoms with Crippen molar-refractivity contribution in [2.45, 2.75) is 50.7 Å². The number of hydrogen-bond donors (Lipinski definition) is 0. The Labute approximate surface area is 278 Å². The zero-order valence-corrected chi connectivity index (χ0v) is 27.3. The summed E-state index contributed by atoms with van der Waals surface area (Å²) < 4.78 is 35.0. The monoisotopic (exact) mass is 661 g/mol. The van der Waals surface area contributed by atoms with Gasteiger partial charge in [-0.15, -0.1) is 0 Å². The number of amides is 1. The lowest BCUT2D eigenvalue weighted by Crippen LogP contribution is -2.57. The third-order valence-electron chi connectivity index (χ3n) is 10.3. The fourth-order valence-corrected chi connectivity index (χ4v) is 8.50. The van der Waals surface area contributed by atoms with Crippen LogP contribution in [-0.2, 0) is 17.8 Å². The molecule has 12 heteroatoms. The molecule has 1 aromatic heterocycles. The summed E-state index contributed by atoms with van der Waals surface area (Å²) in [5, 5.41) is 1.61. The summed E-state index contributed by atoms with van der Waals surface area (Å²) in [7, 11) is 0. The molecule has 0 saturated carbocycles. The Hall–Kier alpha value is -4.01. The van der Waals surface area contributed by atoms with Gasteiger partial charge in [0.2, 0.25) is 6.54 Å². The van der Waals surface area contributed by atoms with E-state index in [9.17, 15) is 13.6 Å². The summed E-state index contributed by atoms with van der Waals surface area (Å²) in [6.07, 6.45) is 3.91. The predicted octanol–water partition coefficient (Wildman–Crippen LogP) is 5.66. The molecule has 0 bridgehead atoms. The second-order valence-electron chi connectivity index (χ2n) is 13.4. The van der Waals surface area contributed by atoms with Crippen molar-refractivity contribution in [3.05, 3.63) is 76.3 Å². The predicted molar refractivity (Wildman–Crippen MR) is 178 cm³/mol. The van der Waals surface area contributed by atoms with Crippen molar-refractivity contribution in [3.63, 3.8) is 0 Å². The highest BCUT2D eigenvalue weighted by Gasteiger charge is 2.48. The van der Waals surface area contributed by atoms with Gasteiger partial charge in [0.05, 0.1) is 22.8 Å². The van der Waals surface area contributed by atoms with Crippen molar-refractivity contribution >= 4 is 39.8 Å². The minimum absolute atomic E-state index is 0.0177. The molecule has 3 aromatic rings. The molecule has 5 heterocycles. The van der Waals surface area contributed by atoms with Crippen molar-refractivity contribution in [2.24, 2.45) is 5.92 Å². The van der Waals surface area contributed by atoms with Crippen molar-refractivity contribution < 1.29 is 18.3 Å². The van der Waals surface area contributed by atoms with Crippen LogP contribution < -0.4 is 14.5 Å². The Kier molecular flexibility index (Phi) is 8.43. The highest BCUT2D eigenvalue weighted by molar-refractivity contribution is 6.36. The lowest BCUT2D eigenvalue weighted by atomic mass is 9.92. The van der Waals surface area contributed by atoms with Crippen LogP contribution in [0.15, 0.2) is 42.7 Å². The average Bonchev–Trinajstić information content (AvgIpc) is 3.60. The van der Waals surface area contributed by atoms with E-state index in [1.54, 1.807) is 6.07 Å². The molecule has 9 nitrogen and oxygen atoms in total. The molecule has 7 rings (SSSR count). The number of carbonyl (C=O) groups is 1. The maximum atomic E-state index is 14.6. The smallest absolute Gasteiger partial charge is 0.318 e. The molecule has 0 N–H and O–H groups in total. The third-order valence-corrected chi connectivity index (χ3v) is 10.7. The van der Waals surface area contributed by atoms with E-state index < -0.39 is 23.6 Å². The van der Waals surface area contributed by atoms with E-state index in [-0.39, 0.29) is 23.7 Å². The number of fused-ring (bicyclic) bond motifs is 3. The van der Waals surface area contributed by atoms with Crippen LogP contribution in [0.1, 0.15) is 37.4 Å². The molecule has 4 aliphatic rings. The van der Waals surface area contributed by atoms with Crippen LogP contribution in [0.3, 0.4) is 0 Å². The van der Waals surface area contributed by atoms with Gasteiger partial charge >= 0.3 is 6.01 Å². The van der Waals surface area contributed by atoms with Gasteiger partial charge in [-0.2, -0.15) is 9.97 Å². The Morgan fingerprint density at radius 3 is 2.83 bits per heavy atom. The molecule has 3 fully saturated rings. The maximum absolute atomic E-state index is 14.6. The molecule has 1 unspecified atom stereocenters. The van der Waals surface area contributed by atoms with Crippen LogP contribution in [0.5, 0.6) is 6.01 Å². The number of carbonyl (C=O) groups excluding carboxylic acids is 1. The van der Waals surface area contributed by atoms with Gasteiger partial charge in [0, 0.05) is 49.4 Å². The summed E-state index contributed by atoms with van der Waals surface area (Å²) in [5.74, 6) is -0.955. The second-order valence-corrected chi connectivity index (χ2v) is 13.8. The van der Waals surface area contributed by atoms with Crippen molar-refractivity contribution in [1.29, 1.82) is 0 Å². The largest absolute Gasteiger partial charge is 0.461 e. The van der Waals surface area contributed by atoms with E-state index in [4.69, 9.17) is 32.9 Å². The van der Waals surface area contributed by atoms with Crippen LogP contribution >= 0.6 is 11.6 Å². The highest BCUT2D eigenvalue weighted by atomic mass is 35.5. The number of benzene rings is 2. The lowest BCUT2D eigenvalue weighted by molar-refractivity contribution is -0.131. The molecule has 1 amide bonds. The quantitative estimate of drug-likeness (QED) is 0.239. The van der Waals surface area contributed by atoms with Crippen LogP contribution in [0.4, 0.5) is 20.3 Å². The van der Waals surface area contributed by atoms with E-state index >= 15 is 0 Å². The van der Waals surface area contributed by atoms with E-state index in [2.05, 4.69) is 33.0 Å². The molecule has 0 spiro atoms. The first-order chi connectivity index (χ1) is 22.7. The molecule has 0 aliphatic carbocycles. The summed E-state index contributed by atoms with van der Waals surface area (Å²) in [5.41, 5.74) is 2.59. The van der Waals surface area contributed by atoms with Crippen LogP contribution in [0.25, 0.3) is 15.6 Å². The van der Waals surface area contributed by atoms with E-state index in [0.29, 0.717) is 62.3 Å². The zero-order chi connectivity index (χ0) is 32.9. The van der Waals surface area contributed by atoms with Gasteiger partial charge in [0.1, 0.15) is 24.3 Å². The van der Waals surface area contributed by atoms with E-state index in [0.717, 1.165) is 54.7 Å². The van der Waals surface area contributed by atoms with Crippen LogP contribution in [0.2, 0.25) is 5.02 Å². The fraction of sp³-hybridized carbons (Fsp3) is 0.486. The number of halogens is 3. The molecule has 3 saturated heterocycles. The first-order valence-electron chi connectivity index (χ1n) is 16.3. The van der Waals surface area contributed by atoms with Gasteiger partial charge in [0.25, 0.3) is 5.91 Å². The summed E-state index contributed by atoms with van der Waals surface area (Å²) in [6.45, 7) is 17.7. The Morgan fingerprint density at radius 1 is 1.17 bits per heavy atom. The molecule has 4 aliphatic heterocycles. The first-order valence-corrected chi connectivity index (χ1v) is 16.7. The number of hydrogen-bond acceptors (Lipinski definition) is 7. The minimum Gasteiger partial charge on any atom is -0.461 e. The van der Waals surface area contributed by atoms with Crippen molar-refractivity contribution in [1.82, 2.24) is 19.8 Å². The van der Waals surface area contributed by atoms with E-state index in [1.807, 2.05) is 18.2 Å². The SMILES string of the molecule is [C-]#[N+]C[C@H]1CN(c2nc(OCC34CCCN3C[C@H](C)C4)nc3c2CCN(c2cccc4ccc(F)c(Cl)c24)C3)CCN1C(=O)C(=C)F. The number of aromatic nitrogens is 2. The Morgan fingerprint density at radius 2 is 2.02 bits per heavy atom. The summed E-state index contributed by atoms with van der Waals surface area (Å²) >= 11 is 6.52. The summed E-state index contributed by atoms with van der Waals surface area (Å²) in [6, 6.07) is 8.72. The van der Waals surface area contributed by atoms with Gasteiger partial charge in [-0.1, -0.05) is 43.3 Å². The fourth-order valence-electron chi connectivity index (χ4n) is 8.23. The Bertz CT molecular complexity index is 1780. The zero-order valence-electron chi connectivity index (χ0n) is 26.5. The number of ether oxygens (including phenoxy) is 1. The molecule has 2 aromatic carbocycles. The van der Waals surface area contributed by atoms with Crippen molar-refractivity contribution in [3.8, 4) is 6.01 Å². The molecular formula is C35H38ClF2N7O2. The molecule has 246 valence electrons. The van der Waals surface area contributed by atoms with E-state index in [1.165, 1.54) is 11.0 Å². The van der Waals surface area contributed by atoms with Crippen LogP contribution in [0, 0.1) is 18.3 Å². The number of piperazine rings is 1. The normalized spacial score (nSPS) is 24.3. The maximum Gasteiger partial charge on any atom is 0.318 e. The second kappa shape index (κ2) is 12.5. The van der Waals surface area contributed by atoms with Gasteiger partial charge in [-0.3, -0.25) is 9.69 Å². The standard InChI is InChI=1S/C35H38ClF2N7O2/c1-22-16-35(11-5-12-44(35)18-22)21-47-34-40-28-20-42(29-7-4-6-24-8-9-27(38)31(36)30(24)29)13-10-26(28)32(41-34)43-14-15-45(33(46)23(2)37)25(19-43)17-39-3/h4,6-9,22,25H,2,5,10-21H2,1H3/t22-,25+,35?/m1/s1. The minimum atomic E-state index is -1.03. The first kappa shape index (κ1) is 31.6. The third kappa shape index (κ3) is 5.76. The topological polar surface area (TPSA) is 69.4 Å². The van der Waals surface area contributed by atoms with Gasteiger partial charge in [-0.05, 0) is 55.7 Å². The van der Waals surface area contributed by atoms with Crippen molar-refractivity contribution in [2.75, 3.05) is 62.2 Å². The number of nitrogens with zero attached hydrogens (tertiary/aromatic N) is 7.